The van der Waals surface area contributed by atoms with Gasteiger partial charge in [0.1, 0.15) is 5.92 Å². The molecule has 0 aliphatic carbocycles. The molecule has 0 saturated carbocycles. The number of ketones is 1. The fourth-order valence-corrected chi connectivity index (χ4v) is 1.86. The molecule has 2 atom stereocenters. The van der Waals surface area contributed by atoms with E-state index in [2.05, 4.69) is 17.9 Å². The minimum absolute atomic E-state index is 0.0364. The largest absolute Gasteiger partial charge is 0.465 e. The lowest BCUT2D eigenvalue weighted by molar-refractivity contribution is -0.155. The van der Waals surface area contributed by atoms with Gasteiger partial charge >= 0.3 is 12.1 Å². The third-order valence-electron chi connectivity index (χ3n) is 2.73. The number of rotatable bonds is 2. The van der Waals surface area contributed by atoms with Crippen LogP contribution in [0.1, 0.15) is 13.8 Å². The van der Waals surface area contributed by atoms with Crippen molar-refractivity contribution in [3.8, 4) is 0 Å². The number of nitrogens with zero attached hydrogens (tertiary/aromatic N) is 1. The molecule has 1 heterocycles. The van der Waals surface area contributed by atoms with E-state index >= 15 is 0 Å². The van der Waals surface area contributed by atoms with E-state index in [1.807, 2.05) is 0 Å². The zero-order valence-corrected chi connectivity index (χ0v) is 11.7. The molecule has 1 fully saturated rings. The number of likely N-dealkylation sites (tertiary alicyclic amines) is 1. The summed E-state index contributed by atoms with van der Waals surface area (Å²) in [6.45, 7) is 9.89. The van der Waals surface area contributed by atoms with Crippen molar-refractivity contribution in [2.24, 2.45) is 11.8 Å². The Bertz CT molecular complexity index is 342. The maximum absolute atomic E-state index is 11.8. The third-order valence-corrected chi connectivity index (χ3v) is 2.73. The van der Waals surface area contributed by atoms with Crippen LogP contribution in [0, 0.1) is 11.8 Å². The van der Waals surface area contributed by atoms with Crippen LogP contribution in [0.25, 0.3) is 0 Å². The van der Waals surface area contributed by atoms with Gasteiger partial charge < -0.3 is 14.4 Å². The van der Waals surface area contributed by atoms with Crippen molar-refractivity contribution in [3.63, 3.8) is 0 Å². The van der Waals surface area contributed by atoms with Crippen LogP contribution in [0.4, 0.5) is 4.79 Å². The molecule has 0 N–H and O–H groups in total. The topological polar surface area (TPSA) is 72.9 Å². The van der Waals surface area contributed by atoms with E-state index in [0.717, 1.165) is 0 Å². The number of ether oxygens (including phenoxy) is 2. The highest BCUT2D eigenvalue weighted by atomic mass is 16.5. The first-order valence-corrected chi connectivity index (χ1v) is 6.04. The molecule has 6 nitrogen and oxygen atoms in total. The van der Waals surface area contributed by atoms with Gasteiger partial charge in [-0.05, 0) is 6.92 Å². The fourth-order valence-electron chi connectivity index (χ4n) is 1.86. The maximum atomic E-state index is 11.8. The van der Waals surface area contributed by atoms with Gasteiger partial charge in [0.2, 0.25) is 0 Å². The SMILES string of the molecule is C=C.CCOC(=O)C1CN(C(=O)OC)CC(C)C1=O. The molecule has 0 radical (unpaired) electrons. The van der Waals surface area contributed by atoms with Gasteiger partial charge in [0, 0.05) is 19.0 Å². The van der Waals surface area contributed by atoms with Gasteiger partial charge in [-0.15, -0.1) is 13.2 Å². The van der Waals surface area contributed by atoms with Crippen LogP contribution >= 0.6 is 0 Å². The molecular formula is C13H21NO5. The van der Waals surface area contributed by atoms with Crippen LogP contribution in [-0.4, -0.2) is 49.6 Å². The summed E-state index contributed by atoms with van der Waals surface area (Å²) in [6, 6.07) is 0. The summed E-state index contributed by atoms with van der Waals surface area (Å²) in [6.07, 6.45) is -0.529. The second kappa shape index (κ2) is 8.29. The quantitative estimate of drug-likeness (QED) is 0.429. The monoisotopic (exact) mass is 271 g/mol. The molecule has 1 saturated heterocycles. The van der Waals surface area contributed by atoms with E-state index in [0.29, 0.717) is 0 Å². The summed E-state index contributed by atoms with van der Waals surface area (Å²) >= 11 is 0. The molecule has 0 aromatic rings. The summed E-state index contributed by atoms with van der Waals surface area (Å²) in [5.41, 5.74) is 0. The minimum atomic E-state index is -0.891. The Hall–Kier alpha value is -1.85. The molecule has 1 rings (SSSR count). The summed E-state index contributed by atoms with van der Waals surface area (Å²) < 4.78 is 9.41. The summed E-state index contributed by atoms with van der Waals surface area (Å²) in [5, 5.41) is 0. The van der Waals surface area contributed by atoms with Crippen molar-refractivity contribution in [3.05, 3.63) is 13.2 Å². The molecule has 1 aliphatic heterocycles. The predicted molar refractivity (Wildman–Crippen MR) is 69.5 cm³/mol. The lowest BCUT2D eigenvalue weighted by Crippen LogP contribution is -2.51. The van der Waals surface area contributed by atoms with E-state index < -0.39 is 18.0 Å². The summed E-state index contributed by atoms with van der Waals surface area (Å²) in [4.78, 5) is 36.1. The van der Waals surface area contributed by atoms with E-state index in [-0.39, 0.29) is 31.4 Å². The first-order chi connectivity index (χ1) is 9.01. The molecule has 0 aromatic carbocycles. The lowest BCUT2D eigenvalue weighted by atomic mass is 9.89. The summed E-state index contributed by atoms with van der Waals surface area (Å²) in [5.74, 6) is -2.02. The first-order valence-electron chi connectivity index (χ1n) is 6.04. The highest BCUT2D eigenvalue weighted by molar-refractivity contribution is 6.01. The molecule has 0 aromatic heterocycles. The lowest BCUT2D eigenvalue weighted by Gasteiger charge is -2.33. The van der Waals surface area contributed by atoms with Crippen molar-refractivity contribution >= 4 is 17.8 Å². The van der Waals surface area contributed by atoms with E-state index in [9.17, 15) is 14.4 Å². The van der Waals surface area contributed by atoms with Crippen molar-refractivity contribution < 1.29 is 23.9 Å². The number of methoxy groups -OCH3 is 1. The Labute approximate surface area is 113 Å². The van der Waals surface area contributed by atoms with E-state index in [1.165, 1.54) is 12.0 Å². The van der Waals surface area contributed by atoms with Crippen molar-refractivity contribution in [1.29, 1.82) is 0 Å². The first kappa shape index (κ1) is 17.2. The molecule has 0 spiro atoms. The highest BCUT2D eigenvalue weighted by Crippen LogP contribution is 2.20. The van der Waals surface area contributed by atoms with Crippen LogP contribution in [0.3, 0.4) is 0 Å². The minimum Gasteiger partial charge on any atom is -0.465 e. The van der Waals surface area contributed by atoms with Crippen LogP contribution in [0.2, 0.25) is 0 Å². The van der Waals surface area contributed by atoms with Crippen molar-refractivity contribution in [2.75, 3.05) is 26.8 Å². The molecule has 2 unspecified atom stereocenters. The van der Waals surface area contributed by atoms with Gasteiger partial charge in [-0.25, -0.2) is 4.79 Å². The summed E-state index contributed by atoms with van der Waals surface area (Å²) in [7, 11) is 1.27. The van der Waals surface area contributed by atoms with Crippen molar-refractivity contribution in [1.82, 2.24) is 4.90 Å². The molecular weight excluding hydrogens is 250 g/mol. The van der Waals surface area contributed by atoms with Gasteiger partial charge in [-0.1, -0.05) is 6.92 Å². The Kier molecular flexibility index (Phi) is 7.48. The molecule has 1 aliphatic rings. The van der Waals surface area contributed by atoms with Crippen LogP contribution in [0.15, 0.2) is 13.2 Å². The second-order valence-corrected chi connectivity index (χ2v) is 3.98. The third kappa shape index (κ3) is 4.39. The standard InChI is InChI=1S/C11H17NO5.C2H4/c1-4-17-10(14)8-6-12(11(15)16-3)5-7(2)9(8)13;1-2/h7-8H,4-6H2,1-3H3;1-2H2. The Morgan fingerprint density at radius 1 is 1.37 bits per heavy atom. The van der Waals surface area contributed by atoms with Gasteiger partial charge in [-0.3, -0.25) is 9.59 Å². The highest BCUT2D eigenvalue weighted by Gasteiger charge is 2.40. The van der Waals surface area contributed by atoms with Gasteiger partial charge in [0.15, 0.2) is 5.78 Å². The number of carbonyl (C=O) groups is 3. The molecule has 1 amide bonds. The molecule has 108 valence electrons. The van der Waals surface area contributed by atoms with Gasteiger partial charge in [-0.2, -0.15) is 0 Å². The smallest absolute Gasteiger partial charge is 0.409 e. The number of Topliss-reactive ketones (excluding diaryl/α,β-unsaturated/α-hetero) is 1. The zero-order chi connectivity index (χ0) is 15.0. The second-order valence-electron chi connectivity index (χ2n) is 3.98. The zero-order valence-electron chi connectivity index (χ0n) is 11.7. The predicted octanol–water partition coefficient (Wildman–Crippen LogP) is 1.26. The number of piperidine rings is 1. The van der Waals surface area contributed by atoms with E-state index in [4.69, 9.17) is 4.74 Å². The fraction of sp³-hybridized carbons (Fsp3) is 0.615. The Morgan fingerprint density at radius 2 is 1.95 bits per heavy atom. The number of esters is 1. The number of hydrogen-bond acceptors (Lipinski definition) is 5. The van der Waals surface area contributed by atoms with Crippen molar-refractivity contribution in [2.45, 2.75) is 13.8 Å². The Balaban J connectivity index is 0.00000154. The van der Waals surface area contributed by atoms with E-state index in [1.54, 1.807) is 13.8 Å². The van der Waals surface area contributed by atoms with Crippen LogP contribution in [0.5, 0.6) is 0 Å². The van der Waals surface area contributed by atoms with Gasteiger partial charge in [0.05, 0.1) is 13.7 Å². The van der Waals surface area contributed by atoms with Crippen LogP contribution < -0.4 is 0 Å². The number of amides is 1. The average molecular weight is 271 g/mol. The number of hydrogen-bond donors (Lipinski definition) is 0. The normalized spacial score (nSPS) is 22.1. The Morgan fingerprint density at radius 3 is 2.42 bits per heavy atom. The molecule has 19 heavy (non-hydrogen) atoms. The maximum Gasteiger partial charge on any atom is 0.409 e. The molecule has 6 heteroatoms. The molecule has 0 bridgehead atoms. The van der Waals surface area contributed by atoms with Crippen LogP contribution in [-0.2, 0) is 19.1 Å². The van der Waals surface area contributed by atoms with Gasteiger partial charge in [0.25, 0.3) is 0 Å². The average Bonchev–Trinajstić information content (AvgIpc) is 2.43. The number of carbonyl (C=O) groups excluding carboxylic acids is 3.